The van der Waals surface area contributed by atoms with Crippen LogP contribution in [-0.2, 0) is 13.6 Å². The van der Waals surface area contributed by atoms with Crippen LogP contribution in [0.1, 0.15) is 28.0 Å². The number of aliphatic hydroxyl groups is 1. The van der Waals surface area contributed by atoms with Crippen molar-refractivity contribution in [2.24, 2.45) is 7.05 Å². The number of hydrogen-bond acceptors (Lipinski definition) is 4. The highest BCUT2D eigenvalue weighted by Gasteiger charge is 2.07. The molecule has 108 valence electrons. The van der Waals surface area contributed by atoms with E-state index in [0.717, 1.165) is 5.56 Å². The van der Waals surface area contributed by atoms with Gasteiger partial charge in [0.15, 0.2) is 0 Å². The molecule has 0 saturated carbocycles. The van der Waals surface area contributed by atoms with E-state index < -0.39 is 0 Å². The smallest absolute Gasteiger partial charge is 0.270 e. The second kappa shape index (κ2) is 7.22. The first-order valence-electron chi connectivity index (χ1n) is 6.50. The number of carbonyl (C=O) groups excluding carboxylic acids is 1. The van der Waals surface area contributed by atoms with Crippen LogP contribution in [0.4, 0.5) is 0 Å². The van der Waals surface area contributed by atoms with E-state index in [9.17, 15) is 4.79 Å². The topological polar surface area (TPSA) is 80.0 Å². The standard InChI is InChI=1S/C15H16N4O2/c1-19-11-13(10-18-19)9-17-15(21)14-6-5-12(8-16-14)4-2-3-7-20/h5-6,8,10-11,20H,3,7,9H2,1H3,(H,17,21). The SMILES string of the molecule is Cn1cc(CNC(=O)c2ccc(C#CCCO)cn2)cn1. The molecule has 2 rings (SSSR count). The highest BCUT2D eigenvalue weighted by Crippen LogP contribution is 2.01. The normalized spacial score (nSPS) is 9.81. The molecule has 1 amide bonds. The molecule has 0 aliphatic carbocycles. The van der Waals surface area contributed by atoms with Crippen molar-refractivity contribution in [2.75, 3.05) is 6.61 Å². The van der Waals surface area contributed by atoms with Crippen molar-refractivity contribution >= 4 is 5.91 Å². The number of amides is 1. The fourth-order valence-corrected chi connectivity index (χ4v) is 1.66. The number of aliphatic hydroxyl groups excluding tert-OH is 1. The number of aromatic nitrogens is 3. The third-order valence-electron chi connectivity index (χ3n) is 2.68. The van der Waals surface area contributed by atoms with Crippen LogP contribution in [0.5, 0.6) is 0 Å². The van der Waals surface area contributed by atoms with E-state index in [1.54, 1.807) is 29.2 Å². The molecule has 0 saturated heterocycles. The molecule has 6 nitrogen and oxygen atoms in total. The lowest BCUT2D eigenvalue weighted by atomic mass is 10.2. The van der Waals surface area contributed by atoms with Gasteiger partial charge in [0.25, 0.3) is 5.91 Å². The maximum absolute atomic E-state index is 11.9. The molecule has 0 atom stereocenters. The molecular formula is C15H16N4O2. The molecule has 0 spiro atoms. The van der Waals surface area contributed by atoms with Crippen molar-refractivity contribution in [1.82, 2.24) is 20.1 Å². The Morgan fingerprint density at radius 2 is 2.29 bits per heavy atom. The van der Waals surface area contributed by atoms with Crippen molar-refractivity contribution < 1.29 is 9.90 Å². The third-order valence-corrected chi connectivity index (χ3v) is 2.68. The van der Waals surface area contributed by atoms with Crippen LogP contribution in [-0.4, -0.2) is 32.4 Å². The van der Waals surface area contributed by atoms with E-state index in [4.69, 9.17) is 5.11 Å². The molecule has 0 aliphatic heterocycles. The number of hydrogen-bond donors (Lipinski definition) is 2. The highest BCUT2D eigenvalue weighted by molar-refractivity contribution is 5.92. The van der Waals surface area contributed by atoms with E-state index >= 15 is 0 Å². The number of nitrogens with zero attached hydrogens (tertiary/aromatic N) is 3. The molecule has 0 unspecified atom stereocenters. The molecule has 0 bridgehead atoms. The van der Waals surface area contributed by atoms with E-state index in [1.807, 2.05) is 13.2 Å². The number of nitrogens with one attached hydrogen (secondary N) is 1. The first kappa shape index (κ1) is 14.8. The summed E-state index contributed by atoms with van der Waals surface area (Å²) in [6, 6.07) is 3.36. The van der Waals surface area contributed by atoms with Crippen LogP contribution in [0.25, 0.3) is 0 Å². The summed E-state index contributed by atoms with van der Waals surface area (Å²) in [4.78, 5) is 16.0. The van der Waals surface area contributed by atoms with Crippen LogP contribution in [0, 0.1) is 11.8 Å². The quantitative estimate of drug-likeness (QED) is 0.800. The Kier molecular flexibility index (Phi) is 5.07. The van der Waals surface area contributed by atoms with Crippen molar-refractivity contribution in [3.8, 4) is 11.8 Å². The molecule has 2 aromatic rings. The molecule has 0 fully saturated rings. The molecule has 6 heteroatoms. The van der Waals surface area contributed by atoms with Crippen molar-refractivity contribution in [3.63, 3.8) is 0 Å². The second-order valence-electron chi connectivity index (χ2n) is 4.41. The molecule has 21 heavy (non-hydrogen) atoms. The Bertz CT molecular complexity index is 665. The molecule has 2 aromatic heterocycles. The summed E-state index contributed by atoms with van der Waals surface area (Å²) in [7, 11) is 1.82. The van der Waals surface area contributed by atoms with Gasteiger partial charge in [0.05, 0.1) is 12.8 Å². The van der Waals surface area contributed by atoms with E-state index in [-0.39, 0.29) is 12.5 Å². The molecule has 0 aliphatic rings. The van der Waals surface area contributed by atoms with Crippen molar-refractivity contribution in [1.29, 1.82) is 0 Å². The summed E-state index contributed by atoms with van der Waals surface area (Å²) in [5.41, 5.74) is 1.98. The van der Waals surface area contributed by atoms with Gasteiger partial charge in [0, 0.05) is 43.5 Å². The van der Waals surface area contributed by atoms with Crippen molar-refractivity contribution in [2.45, 2.75) is 13.0 Å². The molecular weight excluding hydrogens is 268 g/mol. The highest BCUT2D eigenvalue weighted by atomic mass is 16.2. The fraction of sp³-hybridized carbons (Fsp3) is 0.267. The van der Waals surface area contributed by atoms with E-state index in [2.05, 4.69) is 27.2 Å². The van der Waals surface area contributed by atoms with Gasteiger partial charge in [0.1, 0.15) is 5.69 Å². The maximum Gasteiger partial charge on any atom is 0.270 e. The molecule has 0 aromatic carbocycles. The maximum atomic E-state index is 11.9. The second-order valence-corrected chi connectivity index (χ2v) is 4.41. The Balaban J connectivity index is 1.92. The minimum absolute atomic E-state index is 0.0370. The molecule has 2 heterocycles. The Morgan fingerprint density at radius 3 is 2.90 bits per heavy atom. The summed E-state index contributed by atoms with van der Waals surface area (Å²) < 4.78 is 1.68. The predicted molar refractivity (Wildman–Crippen MR) is 77.2 cm³/mol. The van der Waals surface area contributed by atoms with Gasteiger partial charge in [-0.3, -0.25) is 9.48 Å². The van der Waals surface area contributed by atoms with Gasteiger partial charge < -0.3 is 10.4 Å². The number of aryl methyl sites for hydroxylation is 1. The van der Waals surface area contributed by atoms with Gasteiger partial charge in [-0.05, 0) is 12.1 Å². The Morgan fingerprint density at radius 1 is 1.43 bits per heavy atom. The van der Waals surface area contributed by atoms with Gasteiger partial charge in [-0.2, -0.15) is 5.10 Å². The zero-order chi connectivity index (χ0) is 15.1. The van der Waals surface area contributed by atoms with Crippen LogP contribution >= 0.6 is 0 Å². The number of carbonyl (C=O) groups is 1. The average molecular weight is 284 g/mol. The third kappa shape index (κ3) is 4.44. The van der Waals surface area contributed by atoms with Gasteiger partial charge in [-0.1, -0.05) is 11.8 Å². The lowest BCUT2D eigenvalue weighted by Gasteiger charge is -2.02. The minimum Gasteiger partial charge on any atom is -0.395 e. The number of pyridine rings is 1. The fourth-order valence-electron chi connectivity index (χ4n) is 1.66. The first-order valence-corrected chi connectivity index (χ1v) is 6.50. The Labute approximate surface area is 122 Å². The van der Waals surface area contributed by atoms with Gasteiger partial charge in [0.2, 0.25) is 0 Å². The summed E-state index contributed by atoms with van der Waals surface area (Å²) in [5.74, 6) is 5.41. The number of rotatable bonds is 4. The van der Waals surface area contributed by atoms with E-state index in [1.165, 1.54) is 0 Å². The Hall–Kier alpha value is -2.65. The van der Waals surface area contributed by atoms with Crippen LogP contribution in [0.15, 0.2) is 30.7 Å². The minimum atomic E-state index is -0.242. The zero-order valence-electron chi connectivity index (χ0n) is 11.7. The molecule has 2 N–H and O–H groups in total. The van der Waals surface area contributed by atoms with E-state index in [0.29, 0.717) is 24.2 Å². The summed E-state index contributed by atoms with van der Waals surface area (Å²) in [5, 5.41) is 15.4. The van der Waals surface area contributed by atoms with Gasteiger partial charge >= 0.3 is 0 Å². The van der Waals surface area contributed by atoms with Crippen LogP contribution in [0.3, 0.4) is 0 Å². The first-order chi connectivity index (χ1) is 10.2. The summed E-state index contributed by atoms with van der Waals surface area (Å²) >= 11 is 0. The van der Waals surface area contributed by atoms with Crippen LogP contribution in [0.2, 0.25) is 0 Å². The van der Waals surface area contributed by atoms with Crippen molar-refractivity contribution in [3.05, 3.63) is 47.5 Å². The monoisotopic (exact) mass is 284 g/mol. The van der Waals surface area contributed by atoms with Crippen LogP contribution < -0.4 is 5.32 Å². The lowest BCUT2D eigenvalue weighted by molar-refractivity contribution is 0.0946. The zero-order valence-corrected chi connectivity index (χ0v) is 11.7. The van der Waals surface area contributed by atoms with Gasteiger partial charge in [-0.25, -0.2) is 4.98 Å². The predicted octanol–water partition coefficient (Wildman–Crippen LogP) is 0.479. The molecule has 0 radical (unpaired) electrons. The average Bonchev–Trinajstić information content (AvgIpc) is 2.91. The lowest BCUT2D eigenvalue weighted by Crippen LogP contribution is -2.23. The summed E-state index contributed by atoms with van der Waals surface area (Å²) in [6.45, 7) is 0.446. The van der Waals surface area contributed by atoms with Gasteiger partial charge in [-0.15, -0.1) is 0 Å². The largest absolute Gasteiger partial charge is 0.395 e. The summed E-state index contributed by atoms with van der Waals surface area (Å²) in [6.07, 6.45) is 5.51.